The second-order valence-electron chi connectivity index (χ2n) is 7.18. The summed E-state index contributed by atoms with van der Waals surface area (Å²) in [4.78, 5) is 6.51. The van der Waals surface area contributed by atoms with Crippen LogP contribution in [-0.4, -0.2) is 45.2 Å². The maximum Gasteiger partial charge on any atom is 0.159 e. The zero-order valence-electron chi connectivity index (χ0n) is 17.2. The summed E-state index contributed by atoms with van der Waals surface area (Å²) in [6.45, 7) is 5.72. The van der Waals surface area contributed by atoms with E-state index in [-0.39, 0.29) is 6.61 Å². The molecule has 5 nitrogen and oxygen atoms in total. The van der Waals surface area contributed by atoms with Crippen molar-refractivity contribution >= 4 is 12.0 Å². The summed E-state index contributed by atoms with van der Waals surface area (Å²) < 4.78 is 43.9. The molecule has 7 heteroatoms. The topological polar surface area (TPSA) is 43.3 Å². The van der Waals surface area contributed by atoms with E-state index in [0.29, 0.717) is 24.5 Å². The number of aliphatic imine (C=N–C) groups is 1. The first-order valence-corrected chi connectivity index (χ1v) is 9.47. The molecule has 0 aliphatic carbocycles. The van der Waals surface area contributed by atoms with E-state index >= 15 is 0 Å². The lowest BCUT2D eigenvalue weighted by Crippen LogP contribution is -2.49. The summed E-state index contributed by atoms with van der Waals surface area (Å²) in [5, 5.41) is 0. The van der Waals surface area contributed by atoms with Gasteiger partial charge in [0.2, 0.25) is 0 Å². The molecule has 156 valence electrons. The van der Waals surface area contributed by atoms with Gasteiger partial charge in [-0.05, 0) is 43.2 Å². The van der Waals surface area contributed by atoms with Gasteiger partial charge in [0.15, 0.2) is 11.6 Å². The molecule has 1 aliphatic heterocycles. The standard InChI is InChI=1S/C22H26F2N2O3/c1-5-26(3)14-25-20-10-21(27-4)17(8-15(20)2)22(12-28-13-22)29-11-16-6-7-18(23)19(24)9-16/h6-10,14H,5,11-13H2,1-4H3. The van der Waals surface area contributed by atoms with Gasteiger partial charge in [0.1, 0.15) is 11.4 Å². The van der Waals surface area contributed by atoms with Crippen LogP contribution in [0.25, 0.3) is 0 Å². The summed E-state index contributed by atoms with van der Waals surface area (Å²) in [5.41, 5.74) is 2.48. The van der Waals surface area contributed by atoms with Crippen LogP contribution in [0.1, 0.15) is 23.6 Å². The smallest absolute Gasteiger partial charge is 0.159 e. The van der Waals surface area contributed by atoms with E-state index in [0.717, 1.165) is 35.5 Å². The molecule has 0 atom stereocenters. The van der Waals surface area contributed by atoms with Gasteiger partial charge in [0, 0.05) is 25.2 Å². The first kappa shape index (κ1) is 21.2. The van der Waals surface area contributed by atoms with Gasteiger partial charge in [0.05, 0.1) is 39.0 Å². The second-order valence-corrected chi connectivity index (χ2v) is 7.18. The monoisotopic (exact) mass is 404 g/mol. The highest BCUT2D eigenvalue weighted by atomic mass is 19.2. The van der Waals surface area contributed by atoms with Crippen molar-refractivity contribution < 1.29 is 23.0 Å². The van der Waals surface area contributed by atoms with Crippen LogP contribution in [0.4, 0.5) is 14.5 Å². The van der Waals surface area contributed by atoms with Gasteiger partial charge >= 0.3 is 0 Å². The lowest BCUT2D eigenvalue weighted by molar-refractivity contribution is -0.223. The minimum atomic E-state index is -0.891. The van der Waals surface area contributed by atoms with E-state index in [2.05, 4.69) is 4.99 Å². The number of nitrogens with zero attached hydrogens (tertiary/aromatic N) is 2. The fourth-order valence-electron chi connectivity index (χ4n) is 3.04. The Balaban J connectivity index is 1.86. The Bertz CT molecular complexity index is 898. The van der Waals surface area contributed by atoms with E-state index in [4.69, 9.17) is 14.2 Å². The minimum Gasteiger partial charge on any atom is -0.496 e. The zero-order chi connectivity index (χ0) is 21.0. The van der Waals surface area contributed by atoms with Crippen LogP contribution in [0.5, 0.6) is 5.75 Å². The Morgan fingerprint density at radius 3 is 2.55 bits per heavy atom. The van der Waals surface area contributed by atoms with E-state index in [1.807, 2.05) is 37.9 Å². The van der Waals surface area contributed by atoms with Crippen LogP contribution in [0.15, 0.2) is 35.3 Å². The lowest BCUT2D eigenvalue weighted by Gasteiger charge is -2.42. The third kappa shape index (κ3) is 4.57. The SMILES string of the molecule is CCN(C)C=Nc1cc(OC)c(C2(OCc3ccc(F)c(F)c3)COC2)cc1C. The summed E-state index contributed by atoms with van der Waals surface area (Å²) in [6, 6.07) is 7.63. The van der Waals surface area contributed by atoms with Crippen LogP contribution in [-0.2, 0) is 21.7 Å². The molecule has 0 amide bonds. The predicted molar refractivity (Wildman–Crippen MR) is 108 cm³/mol. The molecular weight excluding hydrogens is 378 g/mol. The van der Waals surface area contributed by atoms with E-state index in [9.17, 15) is 8.78 Å². The van der Waals surface area contributed by atoms with Crippen molar-refractivity contribution in [1.82, 2.24) is 4.90 Å². The normalized spacial score (nSPS) is 15.4. The molecule has 0 radical (unpaired) electrons. The highest BCUT2D eigenvalue weighted by molar-refractivity contribution is 5.65. The summed E-state index contributed by atoms with van der Waals surface area (Å²) in [6.07, 6.45) is 1.78. The minimum absolute atomic E-state index is 0.129. The van der Waals surface area contributed by atoms with Crippen molar-refractivity contribution in [1.29, 1.82) is 0 Å². The fourth-order valence-corrected chi connectivity index (χ4v) is 3.04. The van der Waals surface area contributed by atoms with Crippen LogP contribution in [0.3, 0.4) is 0 Å². The number of methoxy groups -OCH3 is 1. The maximum atomic E-state index is 13.5. The van der Waals surface area contributed by atoms with Crippen LogP contribution >= 0.6 is 0 Å². The molecule has 0 aromatic heterocycles. The van der Waals surface area contributed by atoms with Crippen molar-refractivity contribution in [2.24, 2.45) is 4.99 Å². The molecule has 0 unspecified atom stereocenters. The van der Waals surface area contributed by atoms with Gasteiger partial charge in [-0.2, -0.15) is 0 Å². The number of hydrogen-bond acceptors (Lipinski definition) is 4. The molecule has 0 saturated carbocycles. The first-order valence-electron chi connectivity index (χ1n) is 9.47. The summed E-state index contributed by atoms with van der Waals surface area (Å²) in [5.74, 6) is -1.12. The largest absolute Gasteiger partial charge is 0.496 e. The van der Waals surface area contributed by atoms with E-state index < -0.39 is 17.2 Å². The van der Waals surface area contributed by atoms with E-state index in [1.165, 1.54) is 6.07 Å². The van der Waals surface area contributed by atoms with Gasteiger partial charge in [0.25, 0.3) is 0 Å². The van der Waals surface area contributed by atoms with Crippen LogP contribution in [0.2, 0.25) is 0 Å². The Morgan fingerprint density at radius 2 is 1.97 bits per heavy atom. The summed E-state index contributed by atoms with van der Waals surface area (Å²) >= 11 is 0. The van der Waals surface area contributed by atoms with Gasteiger partial charge in [-0.1, -0.05) is 6.07 Å². The third-order valence-electron chi connectivity index (χ3n) is 5.07. The van der Waals surface area contributed by atoms with Crippen LogP contribution in [0, 0.1) is 18.6 Å². The molecule has 0 N–H and O–H groups in total. The lowest BCUT2D eigenvalue weighted by atomic mass is 9.89. The molecule has 1 heterocycles. The van der Waals surface area contributed by atoms with Crippen molar-refractivity contribution in [2.75, 3.05) is 33.9 Å². The molecule has 0 bridgehead atoms. The number of rotatable bonds is 8. The molecule has 29 heavy (non-hydrogen) atoms. The predicted octanol–water partition coefficient (Wildman–Crippen LogP) is 4.34. The van der Waals surface area contributed by atoms with Crippen molar-refractivity contribution in [3.63, 3.8) is 0 Å². The first-order chi connectivity index (χ1) is 13.9. The van der Waals surface area contributed by atoms with Gasteiger partial charge in [-0.15, -0.1) is 0 Å². The van der Waals surface area contributed by atoms with Crippen LogP contribution < -0.4 is 4.74 Å². The molecule has 2 aromatic carbocycles. The fraction of sp³-hybridized carbons (Fsp3) is 0.409. The number of hydrogen-bond donors (Lipinski definition) is 0. The Labute approximate surface area is 169 Å². The highest BCUT2D eigenvalue weighted by Crippen LogP contribution is 2.42. The molecule has 1 aliphatic rings. The highest BCUT2D eigenvalue weighted by Gasteiger charge is 2.44. The summed E-state index contributed by atoms with van der Waals surface area (Å²) in [7, 11) is 3.56. The van der Waals surface area contributed by atoms with Gasteiger partial charge in [-0.3, -0.25) is 0 Å². The Morgan fingerprint density at radius 1 is 1.21 bits per heavy atom. The number of halogens is 2. The van der Waals surface area contributed by atoms with Gasteiger partial charge in [-0.25, -0.2) is 13.8 Å². The Kier molecular flexibility index (Phi) is 6.49. The molecule has 3 rings (SSSR count). The number of ether oxygens (including phenoxy) is 3. The number of benzene rings is 2. The Hall–Kier alpha value is -2.51. The number of aryl methyl sites for hydroxylation is 1. The molecule has 1 saturated heterocycles. The van der Waals surface area contributed by atoms with Crippen molar-refractivity contribution in [3.8, 4) is 5.75 Å². The third-order valence-corrected chi connectivity index (χ3v) is 5.07. The molecule has 0 spiro atoms. The molecule has 1 fully saturated rings. The van der Waals surface area contributed by atoms with Crippen molar-refractivity contribution in [2.45, 2.75) is 26.1 Å². The average molecular weight is 404 g/mol. The zero-order valence-corrected chi connectivity index (χ0v) is 17.2. The molecular formula is C22H26F2N2O3. The van der Waals surface area contributed by atoms with E-state index in [1.54, 1.807) is 13.4 Å². The molecule has 2 aromatic rings. The van der Waals surface area contributed by atoms with Crippen molar-refractivity contribution in [3.05, 3.63) is 58.7 Å². The van der Waals surface area contributed by atoms with Gasteiger partial charge < -0.3 is 19.1 Å². The average Bonchev–Trinajstić information content (AvgIpc) is 2.68. The maximum absolute atomic E-state index is 13.5. The quantitative estimate of drug-likeness (QED) is 0.485. The second kappa shape index (κ2) is 8.88.